The number of carbonyl (C=O) groups excluding carboxylic acids is 1. The Balaban J connectivity index is 2.73. The first-order chi connectivity index (χ1) is 9.06. The van der Waals surface area contributed by atoms with Crippen molar-refractivity contribution in [2.45, 2.75) is 72.3 Å². The highest BCUT2D eigenvalue weighted by Gasteiger charge is 2.37. The predicted molar refractivity (Wildman–Crippen MR) is 79.4 cm³/mol. The van der Waals surface area contributed by atoms with Crippen molar-refractivity contribution in [1.82, 2.24) is 5.32 Å². The summed E-state index contributed by atoms with van der Waals surface area (Å²) >= 11 is 0. The van der Waals surface area contributed by atoms with Crippen LogP contribution in [0.3, 0.4) is 0 Å². The van der Waals surface area contributed by atoms with Crippen LogP contribution >= 0.6 is 0 Å². The van der Waals surface area contributed by atoms with Gasteiger partial charge in [0.1, 0.15) is 0 Å². The Morgan fingerprint density at radius 1 is 1.40 bits per heavy atom. The number of amides is 1. The van der Waals surface area contributed by atoms with Gasteiger partial charge in [0, 0.05) is 11.5 Å². The van der Waals surface area contributed by atoms with Crippen molar-refractivity contribution in [3.8, 4) is 0 Å². The van der Waals surface area contributed by atoms with Crippen LogP contribution in [0.2, 0.25) is 0 Å². The number of hydrogen-bond acceptors (Lipinski definition) is 2. The van der Waals surface area contributed by atoms with E-state index in [1.165, 1.54) is 0 Å². The van der Waals surface area contributed by atoms with Crippen molar-refractivity contribution >= 4 is 11.9 Å². The molecule has 2 N–H and O–H groups in total. The van der Waals surface area contributed by atoms with E-state index < -0.39 is 11.5 Å². The van der Waals surface area contributed by atoms with Gasteiger partial charge in [0.05, 0.1) is 6.42 Å². The van der Waals surface area contributed by atoms with Crippen molar-refractivity contribution in [3.05, 3.63) is 0 Å². The van der Waals surface area contributed by atoms with Gasteiger partial charge in [0.2, 0.25) is 5.91 Å². The van der Waals surface area contributed by atoms with Gasteiger partial charge in [-0.05, 0) is 37.5 Å². The number of carboxylic acid groups (broad SMARTS) is 1. The molecule has 20 heavy (non-hydrogen) atoms. The van der Waals surface area contributed by atoms with E-state index in [9.17, 15) is 9.59 Å². The summed E-state index contributed by atoms with van der Waals surface area (Å²) in [5.74, 6) is -0.745. The normalized spacial score (nSPS) is 25.0. The largest absolute Gasteiger partial charge is 0.481 e. The van der Waals surface area contributed by atoms with Crippen molar-refractivity contribution < 1.29 is 14.7 Å². The van der Waals surface area contributed by atoms with Crippen LogP contribution in [0.5, 0.6) is 0 Å². The average molecular weight is 283 g/mol. The average Bonchev–Trinajstić information content (AvgIpc) is 2.25. The van der Waals surface area contributed by atoms with Gasteiger partial charge >= 0.3 is 5.97 Å². The highest BCUT2D eigenvalue weighted by atomic mass is 16.4. The molecule has 0 bridgehead atoms. The molecule has 0 aliphatic heterocycles. The Labute approximate surface area is 122 Å². The summed E-state index contributed by atoms with van der Waals surface area (Å²) in [7, 11) is 0. The molecule has 0 heterocycles. The Morgan fingerprint density at radius 3 is 2.45 bits per heavy atom. The smallest absolute Gasteiger partial charge is 0.305 e. The second kappa shape index (κ2) is 6.15. The van der Waals surface area contributed by atoms with Gasteiger partial charge in [-0.15, -0.1) is 0 Å². The zero-order valence-corrected chi connectivity index (χ0v) is 13.5. The second-order valence-corrected chi connectivity index (χ2v) is 7.59. The standard InChI is InChI=1S/C16H29NO3/c1-11(2)16(5,10-13(18)19)17-14(20)12-7-6-8-15(3,4)9-12/h11-12H,6-10H2,1-5H3,(H,17,20)(H,18,19). The first-order valence-electron chi connectivity index (χ1n) is 7.59. The minimum Gasteiger partial charge on any atom is -0.481 e. The lowest BCUT2D eigenvalue weighted by molar-refractivity contribution is -0.140. The van der Waals surface area contributed by atoms with Gasteiger partial charge in [0.15, 0.2) is 0 Å². The third-order valence-electron chi connectivity index (χ3n) is 4.78. The van der Waals surface area contributed by atoms with Crippen molar-refractivity contribution in [2.24, 2.45) is 17.3 Å². The van der Waals surface area contributed by atoms with Crippen molar-refractivity contribution in [2.75, 3.05) is 0 Å². The number of aliphatic carboxylic acids is 1. The number of hydrogen-bond donors (Lipinski definition) is 2. The fraction of sp³-hybridized carbons (Fsp3) is 0.875. The Bertz CT molecular complexity index is 376. The summed E-state index contributed by atoms with van der Waals surface area (Å²) < 4.78 is 0. The summed E-state index contributed by atoms with van der Waals surface area (Å²) in [5.41, 5.74) is -0.466. The Kier molecular flexibility index (Phi) is 5.22. The van der Waals surface area contributed by atoms with Crippen LogP contribution in [0.4, 0.5) is 0 Å². The Morgan fingerprint density at radius 2 is 2.00 bits per heavy atom. The van der Waals surface area contributed by atoms with Crippen LogP contribution in [-0.4, -0.2) is 22.5 Å². The molecule has 1 aliphatic carbocycles. The second-order valence-electron chi connectivity index (χ2n) is 7.59. The summed E-state index contributed by atoms with van der Waals surface area (Å²) in [5, 5.41) is 12.1. The molecular weight excluding hydrogens is 254 g/mol. The fourth-order valence-corrected chi connectivity index (χ4v) is 3.01. The lowest BCUT2D eigenvalue weighted by atomic mass is 9.71. The summed E-state index contributed by atoms with van der Waals surface area (Å²) in [6, 6.07) is 0. The topological polar surface area (TPSA) is 66.4 Å². The molecule has 0 aromatic rings. The van der Waals surface area contributed by atoms with Gasteiger partial charge in [0.25, 0.3) is 0 Å². The molecule has 1 fully saturated rings. The lowest BCUT2D eigenvalue weighted by Gasteiger charge is -2.38. The van der Waals surface area contributed by atoms with Crippen LogP contribution in [-0.2, 0) is 9.59 Å². The number of carboxylic acids is 1. The maximum atomic E-state index is 12.5. The van der Waals surface area contributed by atoms with E-state index in [1.54, 1.807) is 0 Å². The first-order valence-corrected chi connectivity index (χ1v) is 7.59. The number of nitrogens with one attached hydrogen (secondary N) is 1. The van der Waals surface area contributed by atoms with Crippen LogP contribution < -0.4 is 5.32 Å². The molecule has 0 spiro atoms. The number of carbonyl (C=O) groups is 2. The zero-order valence-electron chi connectivity index (χ0n) is 13.5. The fourth-order valence-electron chi connectivity index (χ4n) is 3.01. The van der Waals surface area contributed by atoms with E-state index in [0.717, 1.165) is 25.7 Å². The van der Waals surface area contributed by atoms with E-state index in [0.29, 0.717) is 0 Å². The van der Waals surface area contributed by atoms with Gasteiger partial charge in [-0.3, -0.25) is 9.59 Å². The molecular formula is C16H29NO3. The maximum absolute atomic E-state index is 12.5. The van der Waals surface area contributed by atoms with E-state index in [1.807, 2.05) is 20.8 Å². The van der Waals surface area contributed by atoms with Crippen LogP contribution in [0.25, 0.3) is 0 Å². The Hall–Kier alpha value is -1.06. The van der Waals surface area contributed by atoms with Crippen LogP contribution in [0, 0.1) is 17.3 Å². The molecule has 2 atom stereocenters. The highest BCUT2D eigenvalue weighted by molar-refractivity contribution is 5.80. The quantitative estimate of drug-likeness (QED) is 0.814. The minimum absolute atomic E-state index is 0.0191. The monoisotopic (exact) mass is 283 g/mol. The molecule has 1 saturated carbocycles. The minimum atomic E-state index is -0.870. The van der Waals surface area contributed by atoms with Crippen LogP contribution in [0.15, 0.2) is 0 Å². The summed E-state index contributed by atoms with van der Waals surface area (Å²) in [6.07, 6.45) is 4.00. The van der Waals surface area contributed by atoms with Gasteiger partial charge < -0.3 is 10.4 Å². The van der Waals surface area contributed by atoms with Crippen molar-refractivity contribution in [1.29, 1.82) is 0 Å². The molecule has 1 amide bonds. The van der Waals surface area contributed by atoms with E-state index in [4.69, 9.17) is 5.11 Å². The molecule has 4 heteroatoms. The van der Waals surface area contributed by atoms with Gasteiger partial charge in [-0.1, -0.05) is 34.1 Å². The lowest BCUT2D eigenvalue weighted by Crippen LogP contribution is -2.53. The molecule has 4 nitrogen and oxygen atoms in total. The van der Waals surface area contributed by atoms with E-state index in [2.05, 4.69) is 19.2 Å². The van der Waals surface area contributed by atoms with E-state index in [-0.39, 0.29) is 29.6 Å². The predicted octanol–water partition coefficient (Wildman–Crippen LogP) is 3.21. The number of rotatable bonds is 5. The van der Waals surface area contributed by atoms with E-state index >= 15 is 0 Å². The molecule has 0 aromatic carbocycles. The molecule has 0 aromatic heterocycles. The van der Waals surface area contributed by atoms with Gasteiger partial charge in [-0.25, -0.2) is 0 Å². The summed E-state index contributed by atoms with van der Waals surface area (Å²) in [6.45, 7) is 10.1. The highest BCUT2D eigenvalue weighted by Crippen LogP contribution is 2.39. The maximum Gasteiger partial charge on any atom is 0.305 e. The molecule has 2 unspecified atom stereocenters. The third-order valence-corrected chi connectivity index (χ3v) is 4.78. The SMILES string of the molecule is CC(C)C(C)(CC(=O)O)NC(=O)C1CCCC(C)(C)C1. The third kappa shape index (κ3) is 4.50. The first kappa shape index (κ1) is 17.0. The summed E-state index contributed by atoms with van der Waals surface area (Å²) in [4.78, 5) is 23.5. The zero-order chi connectivity index (χ0) is 15.6. The molecule has 0 saturated heterocycles. The van der Waals surface area contributed by atoms with Crippen molar-refractivity contribution in [3.63, 3.8) is 0 Å². The molecule has 1 rings (SSSR count). The molecule has 116 valence electrons. The molecule has 1 aliphatic rings. The molecule has 0 radical (unpaired) electrons. The van der Waals surface area contributed by atoms with Gasteiger partial charge in [-0.2, -0.15) is 0 Å². The van der Waals surface area contributed by atoms with Crippen LogP contribution in [0.1, 0.15) is 66.7 Å².